The summed E-state index contributed by atoms with van der Waals surface area (Å²) in [6, 6.07) is 5.78. The molecule has 7 nitrogen and oxygen atoms in total. The van der Waals surface area contributed by atoms with Crippen LogP contribution in [0.2, 0.25) is 5.02 Å². The molecule has 5 atom stereocenters. The first-order valence-corrected chi connectivity index (χ1v) is 11.8. The molecule has 2 aliphatic carbocycles. The van der Waals surface area contributed by atoms with Crippen molar-refractivity contribution in [3.05, 3.63) is 29.3 Å². The summed E-state index contributed by atoms with van der Waals surface area (Å²) >= 11 is 5.99. The fraction of sp³-hybridized carbons (Fsp3) is 0.625. The maximum Gasteiger partial charge on any atom is 0.238 e. The van der Waals surface area contributed by atoms with Gasteiger partial charge in [-0.05, 0) is 67.7 Å². The number of benzene rings is 1. The minimum absolute atomic E-state index is 0. The number of ketones is 1. The highest BCUT2D eigenvalue weighted by Crippen LogP contribution is 2.62. The number of rotatable bonds is 8. The third kappa shape index (κ3) is 4.73. The van der Waals surface area contributed by atoms with Gasteiger partial charge in [0.15, 0.2) is 5.78 Å². The number of carbonyl (C=O) groups excluding carboxylic acids is 3. The molecule has 1 aromatic rings. The van der Waals surface area contributed by atoms with Crippen molar-refractivity contribution < 1.29 is 19.1 Å². The van der Waals surface area contributed by atoms with Crippen LogP contribution in [0.4, 0.5) is 0 Å². The molecule has 0 radical (unpaired) electrons. The number of fused-ring (bicyclic) bond motifs is 1. The summed E-state index contributed by atoms with van der Waals surface area (Å²) in [5.74, 6) is 0.564. The van der Waals surface area contributed by atoms with Gasteiger partial charge in [-0.2, -0.15) is 0 Å². The highest BCUT2D eigenvalue weighted by molar-refractivity contribution is 6.30. The van der Waals surface area contributed by atoms with Gasteiger partial charge in [-0.1, -0.05) is 31.5 Å². The van der Waals surface area contributed by atoms with Crippen LogP contribution in [-0.2, 0) is 14.4 Å². The molecule has 5 rings (SSSR count). The van der Waals surface area contributed by atoms with Crippen molar-refractivity contribution in [3.63, 3.8) is 0 Å². The maximum atomic E-state index is 13.1. The van der Waals surface area contributed by atoms with E-state index >= 15 is 0 Å². The third-order valence-corrected chi connectivity index (χ3v) is 8.23. The second kappa shape index (κ2) is 8.75. The number of Topliss-reactive ketones (excluding diaryl/α,β-unsaturated/α-hetero) is 1. The first kappa shape index (κ1) is 24.3. The molecule has 1 unspecified atom stereocenters. The van der Waals surface area contributed by atoms with Gasteiger partial charge in [0.1, 0.15) is 12.4 Å². The number of nitrogens with one attached hydrogen (secondary N) is 3. The predicted octanol–water partition coefficient (Wildman–Crippen LogP) is 2.50. The Hall–Kier alpha value is -1.83. The molecule has 3 N–H and O–H groups in total. The Labute approximate surface area is 205 Å². The number of amides is 2. The van der Waals surface area contributed by atoms with Gasteiger partial charge in [-0.15, -0.1) is 12.4 Å². The first-order valence-electron chi connectivity index (χ1n) is 11.5. The smallest absolute Gasteiger partial charge is 0.238 e. The number of hydrogen-bond donors (Lipinski definition) is 3. The fourth-order valence-corrected chi connectivity index (χ4v) is 5.93. The fourth-order valence-electron chi connectivity index (χ4n) is 5.75. The van der Waals surface area contributed by atoms with Gasteiger partial charge in [-0.25, -0.2) is 0 Å². The van der Waals surface area contributed by atoms with E-state index in [0.717, 1.165) is 25.8 Å². The van der Waals surface area contributed by atoms with E-state index in [1.54, 1.807) is 24.3 Å². The van der Waals surface area contributed by atoms with Crippen LogP contribution in [-0.4, -0.2) is 48.4 Å². The lowest BCUT2D eigenvalue weighted by Gasteiger charge is -2.24. The highest BCUT2D eigenvalue weighted by Gasteiger charge is 2.65. The summed E-state index contributed by atoms with van der Waals surface area (Å²) in [5.41, 5.74) is 0.0705. The van der Waals surface area contributed by atoms with Gasteiger partial charge in [-0.3, -0.25) is 14.4 Å². The molecule has 33 heavy (non-hydrogen) atoms. The van der Waals surface area contributed by atoms with Gasteiger partial charge in [0.05, 0.1) is 12.1 Å². The van der Waals surface area contributed by atoms with Crippen molar-refractivity contribution in [2.45, 2.75) is 57.2 Å². The summed E-state index contributed by atoms with van der Waals surface area (Å²) in [7, 11) is 0. The van der Waals surface area contributed by atoms with Crippen molar-refractivity contribution in [3.8, 4) is 5.75 Å². The van der Waals surface area contributed by atoms with Gasteiger partial charge in [0, 0.05) is 16.5 Å². The van der Waals surface area contributed by atoms with Crippen molar-refractivity contribution in [1.29, 1.82) is 0 Å². The Balaban J connectivity index is 0.00000259. The number of piperidine rings is 1. The van der Waals surface area contributed by atoms with Crippen molar-refractivity contribution in [1.82, 2.24) is 16.0 Å². The van der Waals surface area contributed by atoms with E-state index in [4.69, 9.17) is 16.3 Å². The third-order valence-electron chi connectivity index (χ3n) is 7.99. The molecular formula is C24H31Cl2N3O4. The van der Waals surface area contributed by atoms with E-state index in [1.165, 1.54) is 0 Å². The van der Waals surface area contributed by atoms with Gasteiger partial charge in [0.25, 0.3) is 0 Å². The summed E-state index contributed by atoms with van der Waals surface area (Å²) in [6.45, 7) is 4.99. The number of ether oxygens (including phenoxy) is 1. The monoisotopic (exact) mass is 495 g/mol. The molecule has 180 valence electrons. The van der Waals surface area contributed by atoms with E-state index in [1.807, 2.05) is 0 Å². The molecule has 2 amide bonds. The van der Waals surface area contributed by atoms with Crippen LogP contribution in [0.15, 0.2) is 24.3 Å². The van der Waals surface area contributed by atoms with E-state index in [0.29, 0.717) is 23.1 Å². The lowest BCUT2D eigenvalue weighted by Crippen LogP contribution is -2.52. The van der Waals surface area contributed by atoms with Gasteiger partial charge in [0.2, 0.25) is 11.8 Å². The molecule has 2 saturated carbocycles. The highest BCUT2D eigenvalue weighted by atomic mass is 35.5. The van der Waals surface area contributed by atoms with Crippen LogP contribution < -0.4 is 20.7 Å². The van der Waals surface area contributed by atoms with Gasteiger partial charge < -0.3 is 20.7 Å². The molecule has 2 heterocycles. The Morgan fingerprint density at radius 2 is 2.06 bits per heavy atom. The van der Waals surface area contributed by atoms with Crippen LogP contribution >= 0.6 is 24.0 Å². The SMILES string of the molecule is CC1(C)[C@@H]2[C@@H](C(=O)N[C@@H](CC3CC4(CC4)NC3=O)C(=O)COc3cccc(Cl)c3)NC[C@@H]21.Cl. The van der Waals surface area contributed by atoms with Crippen LogP contribution in [0.25, 0.3) is 0 Å². The molecule has 0 aromatic heterocycles. The second-order valence-electron chi connectivity index (χ2n) is 10.5. The maximum absolute atomic E-state index is 13.1. The van der Waals surface area contributed by atoms with E-state index in [-0.39, 0.29) is 65.4 Å². The Kier molecular flexibility index (Phi) is 6.44. The lowest BCUT2D eigenvalue weighted by molar-refractivity contribution is -0.131. The standard InChI is InChI=1S/C24H30ClN3O4.ClH/c1-23(2)16-11-26-20(19(16)23)22(31)27-17(8-13-10-24(6-7-24)28-21(13)30)18(29)12-32-15-5-3-4-14(25)9-15;/h3-5,9,13,16-17,19-20,26H,6-8,10-12H2,1-2H3,(H,27,31)(H,28,30);1H/t13?,16-,17-,19-,20-;/m0./s1. The molecule has 4 fully saturated rings. The van der Waals surface area contributed by atoms with Gasteiger partial charge >= 0.3 is 0 Å². The quantitative estimate of drug-likeness (QED) is 0.514. The molecular weight excluding hydrogens is 465 g/mol. The summed E-state index contributed by atoms with van der Waals surface area (Å²) in [4.78, 5) is 38.7. The minimum atomic E-state index is -0.769. The number of halogens is 2. The second-order valence-corrected chi connectivity index (χ2v) is 11.0. The summed E-state index contributed by atoms with van der Waals surface area (Å²) < 4.78 is 5.64. The zero-order valence-corrected chi connectivity index (χ0v) is 20.4. The number of carbonyl (C=O) groups is 3. The summed E-state index contributed by atoms with van der Waals surface area (Å²) in [5, 5.41) is 9.85. The summed E-state index contributed by atoms with van der Waals surface area (Å²) in [6.07, 6.45) is 2.99. The van der Waals surface area contributed by atoms with Crippen molar-refractivity contribution in [2.24, 2.45) is 23.2 Å². The van der Waals surface area contributed by atoms with Crippen molar-refractivity contribution >= 4 is 41.6 Å². The van der Waals surface area contributed by atoms with Crippen LogP contribution in [0.3, 0.4) is 0 Å². The zero-order valence-electron chi connectivity index (χ0n) is 18.9. The Morgan fingerprint density at radius 1 is 1.30 bits per heavy atom. The average Bonchev–Trinajstić information content (AvgIpc) is 3.44. The van der Waals surface area contributed by atoms with Crippen LogP contribution in [0.1, 0.15) is 39.5 Å². The lowest BCUT2D eigenvalue weighted by atomic mass is 9.93. The van der Waals surface area contributed by atoms with E-state index in [2.05, 4.69) is 29.8 Å². The molecule has 1 spiro atoms. The topological polar surface area (TPSA) is 96.5 Å². The molecule has 2 saturated heterocycles. The van der Waals surface area contributed by atoms with E-state index < -0.39 is 6.04 Å². The predicted molar refractivity (Wildman–Crippen MR) is 127 cm³/mol. The van der Waals surface area contributed by atoms with Crippen molar-refractivity contribution in [2.75, 3.05) is 13.2 Å². The molecule has 2 aliphatic heterocycles. The minimum Gasteiger partial charge on any atom is -0.486 e. The average molecular weight is 496 g/mol. The van der Waals surface area contributed by atoms with Crippen LogP contribution in [0.5, 0.6) is 5.75 Å². The largest absolute Gasteiger partial charge is 0.486 e. The first-order chi connectivity index (χ1) is 15.2. The molecule has 9 heteroatoms. The Morgan fingerprint density at radius 3 is 2.67 bits per heavy atom. The molecule has 0 bridgehead atoms. The number of hydrogen-bond acceptors (Lipinski definition) is 5. The molecule has 1 aromatic carbocycles. The normalized spacial score (nSPS) is 30.6. The molecule has 4 aliphatic rings. The zero-order chi connectivity index (χ0) is 22.7. The Bertz CT molecular complexity index is 965. The van der Waals surface area contributed by atoms with Crippen LogP contribution in [0, 0.1) is 23.2 Å². The van der Waals surface area contributed by atoms with E-state index in [9.17, 15) is 14.4 Å².